The summed E-state index contributed by atoms with van der Waals surface area (Å²) in [6.45, 7) is 7.46. The highest BCUT2D eigenvalue weighted by Gasteiger charge is 2.39. The van der Waals surface area contributed by atoms with Gasteiger partial charge in [-0.15, -0.1) is 11.8 Å². The summed E-state index contributed by atoms with van der Waals surface area (Å²) in [6.07, 6.45) is 0.813. The van der Waals surface area contributed by atoms with Crippen LogP contribution < -0.4 is 5.73 Å². The number of carbonyl (C=O) groups is 2. The molecule has 2 rings (SSSR count). The Labute approximate surface area is 170 Å². The minimum Gasteiger partial charge on any atom is -0.387 e. The Bertz CT molecular complexity index is 876. The van der Waals surface area contributed by atoms with Gasteiger partial charge in [-0.05, 0) is 37.8 Å². The first-order valence-electron chi connectivity index (χ1n) is 9.04. The minimum atomic E-state index is -3.96. The number of nitrogens with zero attached hydrogens (tertiary/aromatic N) is 1. The molecule has 9 heteroatoms. The van der Waals surface area contributed by atoms with E-state index >= 15 is 0 Å². The Morgan fingerprint density at radius 2 is 1.86 bits per heavy atom. The van der Waals surface area contributed by atoms with Gasteiger partial charge in [0.25, 0.3) is 10.0 Å². The standard InChI is InChI=1S/C19H26N2O5S2/c1-5-16-17(19(23)26-18(22)15(20)10-12(2)3)21(11-27-16)28(24,25)14-8-6-13(4)7-9-14/h6-9,12,15H,5,10-11,20H2,1-4H3/t15-/m0/s1. The predicted octanol–water partition coefficient (Wildman–Crippen LogP) is 2.75. The Morgan fingerprint density at radius 3 is 2.39 bits per heavy atom. The summed E-state index contributed by atoms with van der Waals surface area (Å²) in [5.41, 5.74) is 6.59. The molecule has 0 bridgehead atoms. The molecule has 1 heterocycles. The van der Waals surface area contributed by atoms with E-state index in [1.54, 1.807) is 12.1 Å². The number of sulfonamides is 1. The first-order chi connectivity index (χ1) is 13.1. The van der Waals surface area contributed by atoms with Gasteiger partial charge in [0, 0.05) is 4.91 Å². The lowest BCUT2D eigenvalue weighted by molar-refractivity contribution is -0.158. The zero-order valence-electron chi connectivity index (χ0n) is 16.5. The quantitative estimate of drug-likeness (QED) is 0.528. The van der Waals surface area contributed by atoms with Crippen LogP contribution in [0.25, 0.3) is 0 Å². The van der Waals surface area contributed by atoms with Crippen LogP contribution >= 0.6 is 11.8 Å². The monoisotopic (exact) mass is 426 g/mol. The highest BCUT2D eigenvalue weighted by Crippen LogP contribution is 2.38. The molecule has 1 aliphatic rings. The first-order valence-corrected chi connectivity index (χ1v) is 11.5. The van der Waals surface area contributed by atoms with Gasteiger partial charge in [-0.1, -0.05) is 38.5 Å². The van der Waals surface area contributed by atoms with E-state index in [-0.39, 0.29) is 22.4 Å². The summed E-state index contributed by atoms with van der Waals surface area (Å²) < 4.78 is 32.0. The first kappa shape index (κ1) is 22.4. The van der Waals surface area contributed by atoms with Gasteiger partial charge in [0.05, 0.1) is 10.8 Å². The normalized spacial score (nSPS) is 15.9. The number of ether oxygens (including phenoxy) is 1. The molecule has 0 amide bonds. The second-order valence-electron chi connectivity index (χ2n) is 7.01. The van der Waals surface area contributed by atoms with Gasteiger partial charge >= 0.3 is 11.9 Å². The zero-order valence-corrected chi connectivity index (χ0v) is 18.1. The average Bonchev–Trinajstić information content (AvgIpc) is 3.06. The number of carbonyl (C=O) groups excluding carboxylic acids is 2. The molecule has 0 aromatic heterocycles. The van der Waals surface area contributed by atoms with Crippen molar-refractivity contribution in [2.24, 2.45) is 11.7 Å². The van der Waals surface area contributed by atoms with Crippen LogP contribution in [0, 0.1) is 12.8 Å². The van der Waals surface area contributed by atoms with Crippen LogP contribution in [0.1, 0.15) is 39.2 Å². The van der Waals surface area contributed by atoms with Gasteiger partial charge in [0.2, 0.25) is 0 Å². The van der Waals surface area contributed by atoms with Gasteiger partial charge in [-0.25, -0.2) is 22.3 Å². The van der Waals surface area contributed by atoms with Crippen molar-refractivity contribution in [3.63, 3.8) is 0 Å². The second kappa shape index (κ2) is 9.11. The van der Waals surface area contributed by atoms with Crippen molar-refractivity contribution in [2.45, 2.75) is 51.5 Å². The van der Waals surface area contributed by atoms with E-state index in [0.29, 0.717) is 17.7 Å². The summed E-state index contributed by atoms with van der Waals surface area (Å²) in [5.74, 6) is -1.63. The fourth-order valence-corrected chi connectivity index (χ4v) is 5.61. The molecule has 154 valence electrons. The Balaban J connectivity index is 2.30. The maximum absolute atomic E-state index is 13.0. The zero-order chi connectivity index (χ0) is 21.1. The Kier molecular flexibility index (Phi) is 7.30. The number of allylic oxidation sites excluding steroid dienone is 1. The summed E-state index contributed by atoms with van der Waals surface area (Å²) in [5, 5.41) is 0. The van der Waals surface area contributed by atoms with Crippen molar-refractivity contribution in [2.75, 3.05) is 5.88 Å². The topological polar surface area (TPSA) is 107 Å². The third-order valence-corrected chi connectivity index (χ3v) is 7.36. The molecule has 1 atom stereocenters. The van der Waals surface area contributed by atoms with E-state index in [1.807, 2.05) is 27.7 Å². The van der Waals surface area contributed by atoms with Crippen molar-refractivity contribution in [1.82, 2.24) is 4.31 Å². The minimum absolute atomic E-state index is 0.0516. The molecule has 0 aliphatic carbocycles. The molecule has 0 unspecified atom stereocenters. The van der Waals surface area contributed by atoms with E-state index in [1.165, 1.54) is 23.9 Å². The van der Waals surface area contributed by atoms with Gasteiger partial charge < -0.3 is 10.5 Å². The number of aryl methyl sites for hydroxylation is 1. The number of thioether (sulfide) groups is 1. The molecule has 1 aliphatic heterocycles. The van der Waals surface area contributed by atoms with Crippen molar-refractivity contribution in [3.8, 4) is 0 Å². The predicted molar refractivity (Wildman–Crippen MR) is 109 cm³/mol. The number of esters is 2. The molecule has 0 spiro atoms. The van der Waals surface area contributed by atoms with Crippen LogP contribution in [0.2, 0.25) is 0 Å². The van der Waals surface area contributed by atoms with Crippen molar-refractivity contribution >= 4 is 33.7 Å². The number of benzene rings is 1. The lowest BCUT2D eigenvalue weighted by Gasteiger charge is -2.21. The summed E-state index contributed by atoms with van der Waals surface area (Å²) >= 11 is 1.24. The van der Waals surface area contributed by atoms with Crippen LogP contribution in [0.4, 0.5) is 0 Å². The Hall–Kier alpha value is -1.84. The third-order valence-electron chi connectivity index (χ3n) is 4.21. The van der Waals surface area contributed by atoms with Crippen LogP contribution in [0.5, 0.6) is 0 Å². The molecule has 0 radical (unpaired) electrons. The maximum Gasteiger partial charge on any atom is 0.364 e. The molecule has 1 aromatic rings. The highest BCUT2D eigenvalue weighted by molar-refractivity contribution is 8.04. The van der Waals surface area contributed by atoms with E-state index < -0.39 is 28.0 Å². The SMILES string of the molecule is CCC1=C(C(=O)OC(=O)[C@@H](N)CC(C)C)N(S(=O)(=O)c2ccc(C)cc2)CS1. The van der Waals surface area contributed by atoms with Crippen molar-refractivity contribution in [3.05, 3.63) is 40.4 Å². The van der Waals surface area contributed by atoms with Crippen molar-refractivity contribution < 1.29 is 22.7 Å². The molecule has 1 aromatic carbocycles. The van der Waals surface area contributed by atoms with Crippen LogP contribution in [0.3, 0.4) is 0 Å². The number of rotatable bonds is 7. The molecular weight excluding hydrogens is 400 g/mol. The van der Waals surface area contributed by atoms with E-state index in [9.17, 15) is 18.0 Å². The number of hydrogen-bond acceptors (Lipinski definition) is 7. The largest absolute Gasteiger partial charge is 0.387 e. The number of nitrogens with two attached hydrogens (primary N) is 1. The van der Waals surface area contributed by atoms with Gasteiger partial charge in [0.15, 0.2) is 0 Å². The lowest BCUT2D eigenvalue weighted by atomic mass is 10.1. The number of hydrogen-bond donors (Lipinski definition) is 1. The smallest absolute Gasteiger partial charge is 0.364 e. The van der Waals surface area contributed by atoms with E-state index in [2.05, 4.69) is 0 Å². The molecular formula is C19H26N2O5S2. The summed E-state index contributed by atoms with van der Waals surface area (Å²) in [4.78, 5) is 25.5. The Morgan fingerprint density at radius 1 is 1.25 bits per heavy atom. The fraction of sp³-hybridized carbons (Fsp3) is 0.474. The molecule has 0 fully saturated rings. The van der Waals surface area contributed by atoms with Crippen LogP contribution in [0.15, 0.2) is 39.8 Å². The van der Waals surface area contributed by atoms with Crippen molar-refractivity contribution in [1.29, 1.82) is 0 Å². The van der Waals surface area contributed by atoms with E-state index in [0.717, 1.165) is 9.87 Å². The second-order valence-corrected chi connectivity index (χ2v) is 9.91. The maximum atomic E-state index is 13.0. The van der Waals surface area contributed by atoms with E-state index in [4.69, 9.17) is 10.5 Å². The molecule has 0 saturated heterocycles. The van der Waals surface area contributed by atoms with Gasteiger partial charge in [0.1, 0.15) is 11.7 Å². The van der Waals surface area contributed by atoms with Gasteiger partial charge in [-0.3, -0.25) is 0 Å². The van der Waals surface area contributed by atoms with Crippen LogP contribution in [-0.4, -0.2) is 36.6 Å². The molecule has 2 N–H and O–H groups in total. The molecule has 28 heavy (non-hydrogen) atoms. The lowest BCUT2D eigenvalue weighted by Crippen LogP contribution is -2.38. The summed E-state index contributed by atoms with van der Waals surface area (Å²) in [6, 6.07) is 5.42. The molecule has 7 nitrogen and oxygen atoms in total. The molecule has 0 saturated carbocycles. The summed E-state index contributed by atoms with van der Waals surface area (Å²) in [7, 11) is -3.96. The van der Waals surface area contributed by atoms with Gasteiger partial charge in [-0.2, -0.15) is 0 Å². The fourth-order valence-electron chi connectivity index (χ4n) is 2.74. The van der Waals surface area contributed by atoms with Crippen LogP contribution in [-0.2, 0) is 24.3 Å². The average molecular weight is 427 g/mol. The third kappa shape index (κ3) is 4.95. The highest BCUT2D eigenvalue weighted by atomic mass is 32.2.